The molecule has 0 radical (unpaired) electrons. The number of ether oxygens (including phenoxy) is 1. The minimum atomic E-state index is -1.18. The predicted molar refractivity (Wildman–Crippen MR) is 185 cm³/mol. The third-order valence-electron chi connectivity index (χ3n) is 7.60. The number of aromatic hydroxyl groups is 1. The summed E-state index contributed by atoms with van der Waals surface area (Å²) >= 11 is 1.56. The van der Waals surface area contributed by atoms with Crippen LogP contribution in [0.5, 0.6) is 5.75 Å². The van der Waals surface area contributed by atoms with Gasteiger partial charge in [-0.15, -0.1) is 0 Å². The molecule has 3 aromatic rings. The summed E-state index contributed by atoms with van der Waals surface area (Å²) in [7, 11) is 0. The highest BCUT2D eigenvalue weighted by Gasteiger charge is 2.40. The molecule has 3 aromatic carbocycles. The van der Waals surface area contributed by atoms with Crippen LogP contribution in [0.4, 0.5) is 10.5 Å². The number of hydrogen-bond donors (Lipinski definition) is 3. The Hall–Kier alpha value is -3.72. The maximum absolute atomic E-state index is 14.7. The van der Waals surface area contributed by atoms with E-state index in [9.17, 15) is 19.5 Å². The summed E-state index contributed by atoms with van der Waals surface area (Å²) in [5.41, 5.74) is 0.726. The number of para-hydroxylation sites is 1. The van der Waals surface area contributed by atoms with E-state index in [2.05, 4.69) is 24.5 Å². The molecule has 0 saturated carbocycles. The first-order valence-electron chi connectivity index (χ1n) is 15.6. The fourth-order valence-electron chi connectivity index (χ4n) is 5.23. The van der Waals surface area contributed by atoms with E-state index in [1.165, 1.54) is 0 Å². The number of phenols is 1. The monoisotopic (exact) mass is 635 g/mol. The molecule has 9 heteroatoms. The van der Waals surface area contributed by atoms with Crippen molar-refractivity contribution in [3.05, 3.63) is 71.8 Å². The van der Waals surface area contributed by atoms with Crippen molar-refractivity contribution in [2.24, 2.45) is 5.92 Å². The number of phenolic OH excluding ortho intramolecular Hbond substituents is 1. The molecule has 0 aliphatic rings. The molecule has 3 rings (SSSR count). The zero-order valence-electron chi connectivity index (χ0n) is 27.8. The van der Waals surface area contributed by atoms with E-state index >= 15 is 0 Å². The van der Waals surface area contributed by atoms with Gasteiger partial charge in [0.1, 0.15) is 23.4 Å². The SMILES string of the molecule is CSCCC(NC(=O)OC(C)(C)C)C(=O)N(C(C)CCC(C)C)C(C(=O)Nc1ccc2ccccc2c1)c1cccc(C)c1O. The molecule has 3 N–H and O–H groups in total. The molecule has 0 saturated heterocycles. The predicted octanol–water partition coefficient (Wildman–Crippen LogP) is 7.83. The van der Waals surface area contributed by atoms with E-state index < -0.39 is 41.6 Å². The maximum Gasteiger partial charge on any atom is 0.408 e. The largest absolute Gasteiger partial charge is 0.507 e. The number of fused-ring (bicyclic) bond motifs is 1. The van der Waals surface area contributed by atoms with Crippen LogP contribution < -0.4 is 10.6 Å². The van der Waals surface area contributed by atoms with Gasteiger partial charge in [-0.3, -0.25) is 9.59 Å². The highest BCUT2D eigenvalue weighted by atomic mass is 32.2. The topological polar surface area (TPSA) is 108 Å². The first-order valence-corrected chi connectivity index (χ1v) is 17.0. The first kappa shape index (κ1) is 35.8. The molecule has 3 amide bonds. The smallest absolute Gasteiger partial charge is 0.408 e. The van der Waals surface area contributed by atoms with E-state index in [0.29, 0.717) is 41.3 Å². The summed E-state index contributed by atoms with van der Waals surface area (Å²) in [6.45, 7) is 13.2. The molecule has 8 nitrogen and oxygen atoms in total. The van der Waals surface area contributed by atoms with Crippen LogP contribution in [0.2, 0.25) is 0 Å². The number of nitrogens with zero attached hydrogens (tertiary/aromatic N) is 1. The number of thioether (sulfide) groups is 1. The number of carbonyl (C=O) groups excluding carboxylic acids is 3. The van der Waals surface area contributed by atoms with Gasteiger partial charge in [-0.1, -0.05) is 62.4 Å². The molecule has 0 spiro atoms. The molecule has 0 bridgehead atoms. The van der Waals surface area contributed by atoms with Crippen molar-refractivity contribution >= 4 is 46.1 Å². The quantitative estimate of drug-likeness (QED) is 0.177. The number of rotatable bonds is 13. The Balaban J connectivity index is 2.13. The van der Waals surface area contributed by atoms with Gasteiger partial charge in [-0.05, 0) is 100 Å². The van der Waals surface area contributed by atoms with Crippen molar-refractivity contribution in [3.63, 3.8) is 0 Å². The van der Waals surface area contributed by atoms with Crippen LogP contribution in [-0.4, -0.2) is 57.6 Å². The van der Waals surface area contributed by atoms with Crippen LogP contribution in [-0.2, 0) is 14.3 Å². The molecule has 0 heterocycles. The van der Waals surface area contributed by atoms with Crippen molar-refractivity contribution in [2.75, 3.05) is 17.3 Å². The lowest BCUT2D eigenvalue weighted by molar-refractivity contribution is -0.143. The maximum atomic E-state index is 14.7. The molecular weight excluding hydrogens is 586 g/mol. The van der Waals surface area contributed by atoms with Crippen molar-refractivity contribution in [3.8, 4) is 5.75 Å². The van der Waals surface area contributed by atoms with Gasteiger partial charge in [-0.25, -0.2) is 4.79 Å². The molecule has 244 valence electrons. The van der Waals surface area contributed by atoms with Gasteiger partial charge in [0.05, 0.1) is 0 Å². The number of amides is 3. The van der Waals surface area contributed by atoms with Gasteiger partial charge in [0.25, 0.3) is 5.91 Å². The number of anilines is 1. The van der Waals surface area contributed by atoms with E-state index in [-0.39, 0.29) is 5.75 Å². The molecular formula is C36H49N3O5S. The summed E-state index contributed by atoms with van der Waals surface area (Å²) in [5, 5.41) is 19.1. The Morgan fingerprint density at radius 3 is 2.27 bits per heavy atom. The van der Waals surface area contributed by atoms with Gasteiger partial charge >= 0.3 is 6.09 Å². The highest BCUT2D eigenvalue weighted by Crippen LogP contribution is 2.35. The number of nitrogens with one attached hydrogen (secondary N) is 2. The van der Waals surface area contributed by atoms with Crippen molar-refractivity contribution < 1.29 is 24.2 Å². The molecule has 3 unspecified atom stereocenters. The average molecular weight is 636 g/mol. The zero-order chi connectivity index (χ0) is 33.3. The minimum Gasteiger partial charge on any atom is -0.507 e. The molecule has 0 fully saturated rings. The zero-order valence-corrected chi connectivity index (χ0v) is 28.7. The Labute approximate surface area is 272 Å². The summed E-state index contributed by atoms with van der Waals surface area (Å²) in [6.07, 6.45) is 3.01. The molecule has 45 heavy (non-hydrogen) atoms. The van der Waals surface area contributed by atoms with Crippen LogP contribution in [0.25, 0.3) is 10.8 Å². The Bertz CT molecular complexity index is 1470. The summed E-state index contributed by atoms with van der Waals surface area (Å²) in [4.78, 5) is 43.6. The van der Waals surface area contributed by atoms with E-state index in [0.717, 1.165) is 17.2 Å². The van der Waals surface area contributed by atoms with Crippen LogP contribution in [0.3, 0.4) is 0 Å². The van der Waals surface area contributed by atoms with Gasteiger partial charge in [0, 0.05) is 17.3 Å². The highest BCUT2D eigenvalue weighted by molar-refractivity contribution is 7.98. The number of aryl methyl sites for hydroxylation is 1. The lowest BCUT2D eigenvalue weighted by atomic mass is 9.95. The minimum absolute atomic E-state index is 0.0502. The number of alkyl carbamates (subject to hydrolysis) is 1. The second-order valence-corrected chi connectivity index (χ2v) is 14.0. The lowest BCUT2D eigenvalue weighted by Gasteiger charge is -2.39. The fourth-order valence-corrected chi connectivity index (χ4v) is 5.70. The molecule has 0 aromatic heterocycles. The van der Waals surface area contributed by atoms with Crippen molar-refractivity contribution in [1.82, 2.24) is 10.2 Å². The second kappa shape index (κ2) is 16.0. The van der Waals surface area contributed by atoms with E-state index in [1.54, 1.807) is 62.6 Å². The van der Waals surface area contributed by atoms with Crippen molar-refractivity contribution in [2.45, 2.75) is 91.5 Å². The normalized spacial score (nSPS) is 13.6. The Morgan fingerprint density at radius 1 is 0.933 bits per heavy atom. The summed E-state index contributed by atoms with van der Waals surface area (Å²) in [6, 6.07) is 16.2. The van der Waals surface area contributed by atoms with Crippen molar-refractivity contribution in [1.29, 1.82) is 0 Å². The van der Waals surface area contributed by atoms with Crippen LogP contribution in [0.1, 0.15) is 78.0 Å². The Morgan fingerprint density at radius 2 is 1.62 bits per heavy atom. The van der Waals surface area contributed by atoms with Crippen LogP contribution in [0, 0.1) is 12.8 Å². The van der Waals surface area contributed by atoms with Gasteiger partial charge in [0.15, 0.2) is 0 Å². The third kappa shape index (κ3) is 10.1. The van der Waals surface area contributed by atoms with Gasteiger partial charge in [0.2, 0.25) is 5.91 Å². The average Bonchev–Trinajstić information content (AvgIpc) is 2.97. The van der Waals surface area contributed by atoms with E-state index in [4.69, 9.17) is 4.74 Å². The number of hydrogen-bond acceptors (Lipinski definition) is 6. The van der Waals surface area contributed by atoms with Gasteiger partial charge < -0.3 is 25.4 Å². The van der Waals surface area contributed by atoms with Gasteiger partial charge in [-0.2, -0.15) is 11.8 Å². The summed E-state index contributed by atoms with van der Waals surface area (Å²) in [5.74, 6) is 0.0477. The fraction of sp³-hybridized carbons (Fsp3) is 0.472. The van der Waals surface area contributed by atoms with E-state index in [1.807, 2.05) is 55.6 Å². The molecule has 0 aliphatic carbocycles. The number of benzene rings is 3. The van der Waals surface area contributed by atoms with Crippen LogP contribution in [0.15, 0.2) is 60.7 Å². The first-order chi connectivity index (χ1) is 21.2. The number of carbonyl (C=O) groups is 3. The van der Waals surface area contributed by atoms with Crippen LogP contribution >= 0.6 is 11.8 Å². The third-order valence-corrected chi connectivity index (χ3v) is 8.24. The second-order valence-electron chi connectivity index (χ2n) is 13.0. The summed E-state index contributed by atoms with van der Waals surface area (Å²) < 4.78 is 5.51. The Kier molecular flexibility index (Phi) is 12.7. The lowest BCUT2D eigenvalue weighted by Crippen LogP contribution is -2.55. The molecule has 3 atom stereocenters. The standard InChI is InChI=1S/C36H49N3O5S/c1-23(2)16-17-25(4)39(34(42)30(20-21-45-8)38-35(43)44-36(5,6)7)31(29-15-11-12-24(3)32(29)40)33(41)37-28-19-18-26-13-9-10-14-27(26)22-28/h9-15,18-19,22-23,25,30-31,40H,16-17,20-21H2,1-8H3,(H,37,41)(H,38,43). The molecule has 0 aliphatic heterocycles.